The van der Waals surface area contributed by atoms with Crippen LogP contribution in [0.3, 0.4) is 0 Å². The summed E-state index contributed by atoms with van der Waals surface area (Å²) in [5.74, 6) is 0. The Balaban J connectivity index is 2.08. The lowest BCUT2D eigenvalue weighted by molar-refractivity contribution is -0.137. The van der Waals surface area contributed by atoms with Crippen LogP contribution in [-0.4, -0.2) is 9.81 Å². The van der Waals surface area contributed by atoms with Crippen molar-refractivity contribution in [2.45, 2.75) is 19.6 Å². The first-order valence-corrected chi connectivity index (χ1v) is 7.59. The molecule has 124 valence electrons. The van der Waals surface area contributed by atoms with Crippen molar-refractivity contribution in [3.05, 3.63) is 70.9 Å². The molecule has 2 aromatic carbocycles. The quantitative estimate of drug-likeness (QED) is 0.579. The van der Waals surface area contributed by atoms with E-state index in [4.69, 9.17) is 11.6 Å². The molecule has 0 aliphatic rings. The van der Waals surface area contributed by atoms with Gasteiger partial charge in [-0.25, -0.2) is 0 Å². The van der Waals surface area contributed by atoms with E-state index in [1.165, 1.54) is 0 Å². The average molecular weight is 352 g/mol. The molecule has 0 amide bonds. The summed E-state index contributed by atoms with van der Waals surface area (Å²) < 4.78 is 40.7. The molecule has 3 aromatic rings. The molecule has 24 heavy (non-hydrogen) atoms. The Hall–Kier alpha value is -2.27. The molecule has 0 spiro atoms. The summed E-state index contributed by atoms with van der Waals surface area (Å²) in [4.78, 5) is 11.6. The van der Waals surface area contributed by atoms with Crippen molar-refractivity contribution in [3.8, 4) is 0 Å². The Morgan fingerprint density at radius 1 is 1.17 bits per heavy atom. The molecule has 0 bridgehead atoms. The number of fused-ring (bicyclic) bond motifs is 1. The van der Waals surface area contributed by atoms with Crippen molar-refractivity contribution in [2.75, 3.05) is 0 Å². The number of aryl methyl sites for hydroxylation is 1. The van der Waals surface area contributed by atoms with Crippen molar-refractivity contribution in [1.82, 2.24) is 4.57 Å². The Kier molecular flexibility index (Phi) is 4.13. The third kappa shape index (κ3) is 3.17. The summed E-state index contributed by atoms with van der Waals surface area (Å²) in [6.45, 7) is 1.84. The molecule has 0 saturated carbocycles. The van der Waals surface area contributed by atoms with E-state index in [0.29, 0.717) is 22.1 Å². The number of aromatic nitrogens is 1. The predicted octanol–water partition coefficient (Wildman–Crippen LogP) is 5.40. The van der Waals surface area contributed by atoms with Gasteiger partial charge in [0.25, 0.3) is 5.24 Å². The van der Waals surface area contributed by atoms with Gasteiger partial charge in [-0.1, -0.05) is 29.8 Å². The van der Waals surface area contributed by atoms with Gasteiger partial charge in [0.15, 0.2) is 0 Å². The van der Waals surface area contributed by atoms with Gasteiger partial charge >= 0.3 is 6.18 Å². The highest BCUT2D eigenvalue weighted by molar-refractivity contribution is 6.68. The number of alkyl halides is 3. The zero-order valence-corrected chi connectivity index (χ0v) is 13.4. The molecule has 0 N–H and O–H groups in total. The lowest BCUT2D eigenvalue weighted by Crippen LogP contribution is -2.07. The molecule has 0 atom stereocenters. The topological polar surface area (TPSA) is 22.0 Å². The molecule has 0 aliphatic heterocycles. The number of benzene rings is 2. The Morgan fingerprint density at radius 3 is 2.54 bits per heavy atom. The number of halogens is 4. The molecule has 2 nitrogen and oxygen atoms in total. The standard InChI is InChI=1S/C18H13ClF3NO/c1-11-6-12(8-13(7-11)18(20,21)22)9-23-10-15(17(19)24)14-4-2-3-5-16(14)23/h2-8,10H,9H2,1H3. The zero-order chi connectivity index (χ0) is 17.5. The number of rotatable bonds is 3. The highest BCUT2D eigenvalue weighted by Crippen LogP contribution is 2.31. The van der Waals surface area contributed by atoms with Crippen LogP contribution in [0.5, 0.6) is 0 Å². The second-order valence-corrected chi connectivity index (χ2v) is 6.01. The van der Waals surface area contributed by atoms with E-state index < -0.39 is 17.0 Å². The van der Waals surface area contributed by atoms with Gasteiger partial charge in [-0.2, -0.15) is 13.2 Å². The maximum absolute atomic E-state index is 13.0. The van der Waals surface area contributed by atoms with Gasteiger partial charge in [0, 0.05) is 23.6 Å². The van der Waals surface area contributed by atoms with Crippen molar-refractivity contribution in [1.29, 1.82) is 0 Å². The minimum atomic E-state index is -4.39. The molecule has 1 aromatic heterocycles. The highest BCUT2D eigenvalue weighted by atomic mass is 35.5. The molecule has 1 heterocycles. The van der Waals surface area contributed by atoms with Crippen LogP contribution in [-0.2, 0) is 12.7 Å². The third-order valence-corrected chi connectivity index (χ3v) is 4.02. The van der Waals surface area contributed by atoms with Gasteiger partial charge in [-0.15, -0.1) is 0 Å². The molecule has 3 rings (SSSR count). The van der Waals surface area contributed by atoms with Crippen LogP contribution in [0.25, 0.3) is 10.9 Å². The number of carbonyl (C=O) groups excluding carboxylic acids is 1. The van der Waals surface area contributed by atoms with Crippen molar-refractivity contribution in [2.24, 2.45) is 0 Å². The summed E-state index contributed by atoms with van der Waals surface area (Å²) in [5, 5.41) is 0.0892. The van der Waals surface area contributed by atoms with E-state index in [9.17, 15) is 18.0 Å². The van der Waals surface area contributed by atoms with Crippen molar-refractivity contribution >= 4 is 27.7 Å². The molecule has 6 heteroatoms. The van der Waals surface area contributed by atoms with Gasteiger partial charge in [-0.3, -0.25) is 4.79 Å². The average Bonchev–Trinajstić information content (AvgIpc) is 2.85. The normalized spacial score (nSPS) is 11.9. The highest BCUT2D eigenvalue weighted by Gasteiger charge is 2.30. The van der Waals surface area contributed by atoms with Crippen LogP contribution in [0.2, 0.25) is 0 Å². The van der Waals surface area contributed by atoms with Crippen LogP contribution in [0.4, 0.5) is 13.2 Å². The lowest BCUT2D eigenvalue weighted by atomic mass is 10.1. The summed E-state index contributed by atoms with van der Waals surface area (Å²) in [7, 11) is 0. The number of nitrogens with zero attached hydrogens (tertiary/aromatic N) is 1. The summed E-state index contributed by atoms with van der Waals surface area (Å²) >= 11 is 5.61. The van der Waals surface area contributed by atoms with Crippen LogP contribution in [0, 0.1) is 6.92 Å². The van der Waals surface area contributed by atoms with Crippen LogP contribution in [0.1, 0.15) is 27.0 Å². The van der Waals surface area contributed by atoms with Crippen LogP contribution >= 0.6 is 11.6 Å². The van der Waals surface area contributed by atoms with E-state index in [1.807, 2.05) is 0 Å². The summed E-state index contributed by atoms with van der Waals surface area (Å²) in [6.07, 6.45) is -2.81. The van der Waals surface area contributed by atoms with E-state index in [0.717, 1.165) is 17.6 Å². The van der Waals surface area contributed by atoms with Crippen LogP contribution in [0.15, 0.2) is 48.7 Å². The third-order valence-electron chi connectivity index (χ3n) is 3.82. The minimum Gasteiger partial charge on any atom is -0.342 e. The fourth-order valence-electron chi connectivity index (χ4n) is 2.85. The minimum absolute atomic E-state index is 0.218. The van der Waals surface area contributed by atoms with Gasteiger partial charge in [0.05, 0.1) is 11.1 Å². The first-order chi connectivity index (χ1) is 11.3. The van der Waals surface area contributed by atoms with Gasteiger partial charge in [0.2, 0.25) is 0 Å². The Labute approximate surface area is 141 Å². The summed E-state index contributed by atoms with van der Waals surface area (Å²) in [5.41, 5.74) is 1.46. The SMILES string of the molecule is Cc1cc(Cn2cc(C(=O)Cl)c3ccccc32)cc(C(F)(F)F)c1. The molecule has 0 aliphatic carbocycles. The maximum Gasteiger partial charge on any atom is 0.416 e. The molecular formula is C18H13ClF3NO. The van der Waals surface area contributed by atoms with E-state index >= 15 is 0 Å². The number of hydrogen-bond donors (Lipinski definition) is 0. The monoisotopic (exact) mass is 351 g/mol. The zero-order valence-electron chi connectivity index (χ0n) is 12.7. The first kappa shape index (κ1) is 16.6. The van der Waals surface area contributed by atoms with Crippen LogP contribution < -0.4 is 0 Å². The summed E-state index contributed by atoms with van der Waals surface area (Å²) in [6, 6.07) is 11.1. The molecule has 0 saturated heterocycles. The Morgan fingerprint density at radius 2 is 1.88 bits per heavy atom. The fourth-order valence-corrected chi connectivity index (χ4v) is 3.00. The number of carbonyl (C=O) groups is 1. The first-order valence-electron chi connectivity index (χ1n) is 7.21. The second kappa shape index (κ2) is 5.98. The second-order valence-electron chi connectivity index (χ2n) is 5.67. The van der Waals surface area contributed by atoms with Crippen molar-refractivity contribution < 1.29 is 18.0 Å². The molecule has 0 unspecified atom stereocenters. The number of para-hydroxylation sites is 1. The molecule has 0 fully saturated rings. The maximum atomic E-state index is 13.0. The fraction of sp³-hybridized carbons (Fsp3) is 0.167. The predicted molar refractivity (Wildman–Crippen MR) is 87.4 cm³/mol. The van der Waals surface area contributed by atoms with Gasteiger partial charge in [-0.05, 0) is 42.3 Å². The molecule has 0 radical (unpaired) electrons. The van der Waals surface area contributed by atoms with E-state index in [1.54, 1.807) is 48.0 Å². The van der Waals surface area contributed by atoms with Gasteiger partial charge < -0.3 is 4.57 Å². The van der Waals surface area contributed by atoms with Crippen molar-refractivity contribution in [3.63, 3.8) is 0 Å². The lowest BCUT2D eigenvalue weighted by Gasteiger charge is -2.12. The Bertz CT molecular complexity index is 928. The van der Waals surface area contributed by atoms with E-state index in [2.05, 4.69) is 0 Å². The molecular weight excluding hydrogens is 339 g/mol. The number of hydrogen-bond acceptors (Lipinski definition) is 1. The van der Waals surface area contributed by atoms with Gasteiger partial charge in [0.1, 0.15) is 0 Å². The smallest absolute Gasteiger partial charge is 0.342 e. The largest absolute Gasteiger partial charge is 0.416 e. The van der Waals surface area contributed by atoms with E-state index in [-0.39, 0.29) is 6.54 Å².